The summed E-state index contributed by atoms with van der Waals surface area (Å²) in [6.45, 7) is 7.13. The Kier molecular flexibility index (Phi) is 6.03. The second kappa shape index (κ2) is 8.64. The lowest BCUT2D eigenvalue weighted by Gasteiger charge is -2.34. The second-order valence-corrected chi connectivity index (χ2v) is 6.32. The van der Waals surface area contributed by atoms with Crippen molar-refractivity contribution in [2.24, 2.45) is 0 Å². The molecule has 0 aliphatic carbocycles. The summed E-state index contributed by atoms with van der Waals surface area (Å²) in [5.74, 6) is 0.0593. The molecule has 0 spiro atoms. The van der Waals surface area contributed by atoms with E-state index in [1.807, 2.05) is 6.07 Å². The van der Waals surface area contributed by atoms with Gasteiger partial charge in [0.05, 0.1) is 23.9 Å². The van der Waals surface area contributed by atoms with Gasteiger partial charge in [0.2, 0.25) is 0 Å². The Bertz CT molecular complexity index is 799. The SMILES string of the molecule is CCN1CCN(c2ccc(C(=O)Nc3ccccc3C(=O)OC)cn2)CC1. The molecule has 1 aromatic carbocycles. The highest BCUT2D eigenvalue weighted by Crippen LogP contribution is 2.18. The van der Waals surface area contributed by atoms with Gasteiger partial charge in [0.1, 0.15) is 5.82 Å². The van der Waals surface area contributed by atoms with Gasteiger partial charge in [-0.15, -0.1) is 0 Å². The molecule has 0 radical (unpaired) electrons. The summed E-state index contributed by atoms with van der Waals surface area (Å²) in [6.07, 6.45) is 1.57. The van der Waals surface area contributed by atoms with E-state index in [1.54, 1.807) is 36.5 Å². The normalized spacial score (nSPS) is 14.7. The molecule has 142 valence electrons. The molecule has 7 heteroatoms. The Morgan fingerprint density at radius 1 is 1.11 bits per heavy atom. The van der Waals surface area contributed by atoms with Crippen LogP contribution in [0.3, 0.4) is 0 Å². The third-order valence-corrected chi connectivity index (χ3v) is 4.73. The van der Waals surface area contributed by atoms with E-state index in [9.17, 15) is 9.59 Å². The Hall–Kier alpha value is -2.93. The summed E-state index contributed by atoms with van der Waals surface area (Å²) in [4.78, 5) is 33.4. The number of ether oxygens (including phenoxy) is 1. The number of hydrogen-bond acceptors (Lipinski definition) is 6. The van der Waals surface area contributed by atoms with Crippen LogP contribution in [0, 0.1) is 0 Å². The first kappa shape index (κ1) is 18.8. The first-order valence-corrected chi connectivity index (χ1v) is 9.04. The summed E-state index contributed by atoms with van der Waals surface area (Å²) in [5.41, 5.74) is 1.16. The van der Waals surface area contributed by atoms with Crippen LogP contribution in [0.15, 0.2) is 42.6 Å². The van der Waals surface area contributed by atoms with Crippen molar-refractivity contribution < 1.29 is 14.3 Å². The highest BCUT2D eigenvalue weighted by molar-refractivity contribution is 6.07. The molecule has 0 bridgehead atoms. The Labute approximate surface area is 158 Å². The van der Waals surface area contributed by atoms with Crippen LogP contribution in [0.4, 0.5) is 11.5 Å². The second-order valence-electron chi connectivity index (χ2n) is 6.32. The van der Waals surface area contributed by atoms with E-state index >= 15 is 0 Å². The van der Waals surface area contributed by atoms with E-state index in [-0.39, 0.29) is 5.91 Å². The van der Waals surface area contributed by atoms with Crippen molar-refractivity contribution in [3.8, 4) is 0 Å². The Balaban J connectivity index is 1.67. The molecule has 1 aliphatic rings. The molecule has 3 rings (SSSR count). The van der Waals surface area contributed by atoms with Crippen LogP contribution in [0.1, 0.15) is 27.6 Å². The van der Waals surface area contributed by atoms with Crippen LogP contribution in [0.5, 0.6) is 0 Å². The van der Waals surface area contributed by atoms with Crippen LogP contribution >= 0.6 is 0 Å². The van der Waals surface area contributed by atoms with Crippen molar-refractivity contribution in [2.45, 2.75) is 6.92 Å². The number of nitrogens with one attached hydrogen (secondary N) is 1. The number of aromatic nitrogens is 1. The molecule has 1 aliphatic heterocycles. The zero-order valence-electron chi connectivity index (χ0n) is 15.6. The summed E-state index contributed by atoms with van der Waals surface area (Å²) in [6, 6.07) is 10.4. The third-order valence-electron chi connectivity index (χ3n) is 4.73. The van der Waals surface area contributed by atoms with E-state index in [0.29, 0.717) is 16.8 Å². The molecule has 1 saturated heterocycles. The largest absolute Gasteiger partial charge is 0.465 e. The minimum atomic E-state index is -0.495. The van der Waals surface area contributed by atoms with Crippen LogP contribution in [-0.2, 0) is 4.74 Å². The number of methoxy groups -OCH3 is 1. The minimum Gasteiger partial charge on any atom is -0.465 e. The maximum atomic E-state index is 12.5. The van der Waals surface area contributed by atoms with Crippen LogP contribution in [0.25, 0.3) is 0 Å². The van der Waals surface area contributed by atoms with E-state index in [2.05, 4.69) is 27.0 Å². The van der Waals surface area contributed by atoms with Gasteiger partial charge in [0.25, 0.3) is 5.91 Å². The number of carbonyl (C=O) groups excluding carboxylic acids is 2. The molecule has 0 unspecified atom stereocenters. The molecule has 1 N–H and O–H groups in total. The Morgan fingerprint density at radius 3 is 2.48 bits per heavy atom. The number of carbonyl (C=O) groups is 2. The number of benzene rings is 1. The van der Waals surface area contributed by atoms with Gasteiger partial charge < -0.3 is 19.9 Å². The number of amides is 1. The third kappa shape index (κ3) is 4.43. The van der Waals surface area contributed by atoms with E-state index in [4.69, 9.17) is 4.74 Å². The maximum Gasteiger partial charge on any atom is 0.339 e. The average Bonchev–Trinajstić information content (AvgIpc) is 2.73. The number of para-hydroxylation sites is 1. The monoisotopic (exact) mass is 368 g/mol. The molecule has 27 heavy (non-hydrogen) atoms. The summed E-state index contributed by atoms with van der Waals surface area (Å²) in [5, 5.41) is 2.75. The van der Waals surface area contributed by atoms with Crippen molar-refractivity contribution in [1.82, 2.24) is 9.88 Å². The first-order valence-electron chi connectivity index (χ1n) is 9.04. The predicted octanol–water partition coefficient (Wildman–Crippen LogP) is 2.26. The summed E-state index contributed by atoms with van der Waals surface area (Å²) >= 11 is 0. The molecule has 2 heterocycles. The quantitative estimate of drug-likeness (QED) is 0.816. The molecular formula is C20H24N4O3. The van der Waals surface area contributed by atoms with Gasteiger partial charge in [-0.1, -0.05) is 19.1 Å². The van der Waals surface area contributed by atoms with Crippen molar-refractivity contribution in [3.63, 3.8) is 0 Å². The molecule has 7 nitrogen and oxygen atoms in total. The first-order chi connectivity index (χ1) is 13.1. The zero-order valence-corrected chi connectivity index (χ0v) is 15.6. The fourth-order valence-electron chi connectivity index (χ4n) is 3.08. The fourth-order valence-corrected chi connectivity index (χ4v) is 3.08. The lowest BCUT2D eigenvalue weighted by atomic mass is 10.1. The highest BCUT2D eigenvalue weighted by Gasteiger charge is 2.18. The number of rotatable bonds is 5. The van der Waals surface area contributed by atoms with Crippen molar-refractivity contribution in [2.75, 3.05) is 50.1 Å². The molecular weight excluding hydrogens is 344 g/mol. The smallest absolute Gasteiger partial charge is 0.339 e. The van der Waals surface area contributed by atoms with Gasteiger partial charge in [-0.05, 0) is 30.8 Å². The van der Waals surface area contributed by atoms with Gasteiger partial charge in [-0.25, -0.2) is 9.78 Å². The molecule has 0 atom stereocenters. The number of pyridine rings is 1. The topological polar surface area (TPSA) is 74.8 Å². The van der Waals surface area contributed by atoms with Crippen LogP contribution in [-0.4, -0.2) is 61.6 Å². The predicted molar refractivity (Wildman–Crippen MR) is 104 cm³/mol. The van der Waals surface area contributed by atoms with Gasteiger partial charge in [0, 0.05) is 32.4 Å². The van der Waals surface area contributed by atoms with Gasteiger partial charge >= 0.3 is 5.97 Å². The molecule has 2 aromatic rings. The fraction of sp³-hybridized carbons (Fsp3) is 0.350. The average molecular weight is 368 g/mol. The molecule has 1 fully saturated rings. The van der Waals surface area contributed by atoms with Crippen LogP contribution < -0.4 is 10.2 Å². The summed E-state index contributed by atoms with van der Waals surface area (Å²) in [7, 11) is 1.31. The molecule has 1 aromatic heterocycles. The molecule has 1 amide bonds. The van der Waals surface area contributed by atoms with Crippen LogP contribution in [0.2, 0.25) is 0 Å². The lowest BCUT2D eigenvalue weighted by molar-refractivity contribution is 0.0602. The van der Waals surface area contributed by atoms with Gasteiger partial charge in [-0.2, -0.15) is 0 Å². The number of esters is 1. The zero-order chi connectivity index (χ0) is 19.2. The van der Waals surface area contributed by atoms with Crippen molar-refractivity contribution in [3.05, 3.63) is 53.7 Å². The number of piperazine rings is 1. The minimum absolute atomic E-state index is 0.312. The van der Waals surface area contributed by atoms with Gasteiger partial charge in [0.15, 0.2) is 0 Å². The maximum absolute atomic E-state index is 12.5. The van der Waals surface area contributed by atoms with E-state index < -0.39 is 5.97 Å². The van der Waals surface area contributed by atoms with E-state index in [1.165, 1.54) is 7.11 Å². The lowest BCUT2D eigenvalue weighted by Crippen LogP contribution is -2.46. The number of likely N-dealkylation sites (N-methyl/N-ethyl adjacent to an activating group) is 1. The van der Waals surface area contributed by atoms with Gasteiger partial charge in [-0.3, -0.25) is 4.79 Å². The van der Waals surface area contributed by atoms with E-state index in [0.717, 1.165) is 38.5 Å². The Morgan fingerprint density at radius 2 is 1.85 bits per heavy atom. The van der Waals surface area contributed by atoms with Crippen molar-refractivity contribution >= 4 is 23.4 Å². The number of anilines is 2. The number of nitrogens with zero attached hydrogens (tertiary/aromatic N) is 3. The highest BCUT2D eigenvalue weighted by atomic mass is 16.5. The molecule has 0 saturated carbocycles. The number of hydrogen-bond donors (Lipinski definition) is 1. The summed E-state index contributed by atoms with van der Waals surface area (Å²) < 4.78 is 4.75. The standard InChI is InChI=1S/C20H24N4O3/c1-3-23-10-12-24(13-11-23)18-9-8-15(14-21-18)19(25)22-17-7-5-4-6-16(17)20(26)27-2/h4-9,14H,3,10-13H2,1-2H3,(H,22,25). The van der Waals surface area contributed by atoms with Crippen molar-refractivity contribution in [1.29, 1.82) is 0 Å².